The molecule has 1 aromatic carbocycles. The minimum Gasteiger partial charge on any atom is -0.489 e. The maximum absolute atomic E-state index is 12.6. The van der Waals surface area contributed by atoms with Gasteiger partial charge in [-0.1, -0.05) is 0 Å². The smallest absolute Gasteiger partial charge is 0.408 e. The summed E-state index contributed by atoms with van der Waals surface area (Å²) in [5.41, 5.74) is 6.37. The molecule has 0 unspecified atom stereocenters. The highest BCUT2D eigenvalue weighted by Gasteiger charge is 2.32. The Hall–Kier alpha value is -2.97. The number of nitrogens with two attached hydrogens (primary N) is 1. The summed E-state index contributed by atoms with van der Waals surface area (Å²) >= 11 is 0. The first-order valence-corrected chi connectivity index (χ1v) is 8.09. The van der Waals surface area contributed by atoms with E-state index in [2.05, 4.69) is 10.6 Å². The maximum atomic E-state index is 12.6. The van der Waals surface area contributed by atoms with Crippen molar-refractivity contribution in [3.63, 3.8) is 0 Å². The number of nitrogens with one attached hydrogen (secondary N) is 2. The number of carbonyl (C=O) groups is 3. The minimum absolute atomic E-state index is 0.0845. The first kappa shape index (κ1) is 19.4. The highest BCUT2D eigenvalue weighted by Crippen LogP contribution is 2.37. The monoisotopic (exact) mass is 364 g/mol. The molecule has 4 N–H and O–H groups in total. The van der Waals surface area contributed by atoms with Crippen molar-refractivity contribution in [3.8, 4) is 5.75 Å². The van der Waals surface area contributed by atoms with E-state index >= 15 is 0 Å². The van der Waals surface area contributed by atoms with Gasteiger partial charge in [-0.15, -0.1) is 0 Å². The zero-order chi connectivity index (χ0) is 19.6. The van der Waals surface area contributed by atoms with Crippen LogP contribution in [-0.2, 0) is 14.3 Å². The van der Waals surface area contributed by atoms with Crippen molar-refractivity contribution in [2.45, 2.75) is 39.3 Å². The number of rotatable bonds is 2. The fourth-order valence-corrected chi connectivity index (χ4v) is 2.41. The van der Waals surface area contributed by atoms with Gasteiger partial charge < -0.3 is 30.7 Å². The summed E-state index contributed by atoms with van der Waals surface area (Å²) in [6.45, 7) is 6.46. The van der Waals surface area contributed by atoms with Crippen LogP contribution in [0, 0.1) is 0 Å². The molecule has 0 aromatic heterocycles. The van der Waals surface area contributed by atoms with Crippen LogP contribution in [0.5, 0.6) is 5.75 Å². The summed E-state index contributed by atoms with van der Waals surface area (Å²) in [5.74, 6) is -0.284. The fraction of sp³-hybridized carbons (Fsp3) is 0.471. The second kappa shape index (κ2) is 7.11. The van der Waals surface area contributed by atoms with Crippen LogP contribution >= 0.6 is 0 Å². The molecule has 2 rings (SSSR count). The van der Waals surface area contributed by atoms with Gasteiger partial charge in [0.25, 0.3) is 5.91 Å². The van der Waals surface area contributed by atoms with Gasteiger partial charge in [0.2, 0.25) is 5.91 Å². The number of fused-ring (bicyclic) bond motifs is 1. The van der Waals surface area contributed by atoms with E-state index in [9.17, 15) is 14.4 Å². The first-order valence-electron chi connectivity index (χ1n) is 8.09. The van der Waals surface area contributed by atoms with Gasteiger partial charge in [0.05, 0.1) is 17.1 Å². The number of hydrogen-bond acceptors (Lipinski definition) is 6. The second-order valence-electron chi connectivity index (χ2n) is 7.00. The lowest BCUT2D eigenvalue weighted by atomic mass is 10.2. The quantitative estimate of drug-likeness (QED) is 0.683. The number of hydrogen-bond donors (Lipinski definition) is 3. The number of benzene rings is 1. The number of anilines is 3. The van der Waals surface area contributed by atoms with Crippen LogP contribution in [0.1, 0.15) is 27.7 Å². The van der Waals surface area contributed by atoms with Gasteiger partial charge in [-0.05, 0) is 26.8 Å². The lowest BCUT2D eigenvalue weighted by Crippen LogP contribution is -2.50. The molecule has 1 aliphatic rings. The lowest BCUT2D eigenvalue weighted by molar-refractivity contribution is -0.120. The lowest BCUT2D eigenvalue weighted by Gasteiger charge is -2.23. The molecule has 0 radical (unpaired) electrons. The molecule has 1 atom stereocenters. The van der Waals surface area contributed by atoms with E-state index in [4.69, 9.17) is 15.2 Å². The van der Waals surface area contributed by atoms with E-state index in [1.54, 1.807) is 33.9 Å². The Morgan fingerprint density at radius 3 is 2.58 bits per heavy atom. The molecular weight excluding hydrogens is 340 g/mol. The Morgan fingerprint density at radius 1 is 1.35 bits per heavy atom. The summed E-state index contributed by atoms with van der Waals surface area (Å²) < 4.78 is 10.9. The van der Waals surface area contributed by atoms with Crippen molar-refractivity contribution in [2.75, 3.05) is 29.6 Å². The number of likely N-dealkylation sites (N-methyl/N-ethyl adjacent to an activating group) is 1. The number of alkyl carbamates (subject to hydrolysis) is 1. The topological polar surface area (TPSA) is 123 Å². The molecule has 3 amide bonds. The van der Waals surface area contributed by atoms with Crippen molar-refractivity contribution < 1.29 is 23.9 Å². The van der Waals surface area contributed by atoms with Gasteiger partial charge in [-0.25, -0.2) is 4.79 Å². The zero-order valence-electron chi connectivity index (χ0n) is 15.5. The number of amides is 3. The van der Waals surface area contributed by atoms with Crippen LogP contribution in [0.25, 0.3) is 0 Å². The van der Waals surface area contributed by atoms with Crippen LogP contribution in [0.4, 0.5) is 21.9 Å². The van der Waals surface area contributed by atoms with E-state index in [-0.39, 0.29) is 18.4 Å². The van der Waals surface area contributed by atoms with Gasteiger partial charge in [0, 0.05) is 20.0 Å². The summed E-state index contributed by atoms with van der Waals surface area (Å²) in [6.07, 6.45) is -0.711. The third-order valence-electron chi connectivity index (χ3n) is 3.53. The number of nitrogens with zero attached hydrogens (tertiary/aromatic N) is 1. The molecule has 1 aromatic rings. The standard InChI is InChI=1S/C17H24N4O5/c1-9(22)19-11-7-14-13(6-10(11)18)21(5)15(23)12(8-25-14)20-16(24)26-17(2,3)4/h6-7,12H,8,18H2,1-5H3,(H,19,22)(H,20,24)/t12-/m0/s1. The van der Waals surface area contributed by atoms with Crippen molar-refractivity contribution in [2.24, 2.45) is 0 Å². The van der Waals surface area contributed by atoms with Crippen molar-refractivity contribution in [1.82, 2.24) is 5.32 Å². The molecule has 0 saturated heterocycles. The second-order valence-corrected chi connectivity index (χ2v) is 7.00. The fourth-order valence-electron chi connectivity index (χ4n) is 2.41. The van der Waals surface area contributed by atoms with Gasteiger partial charge in [0.1, 0.15) is 24.0 Å². The van der Waals surface area contributed by atoms with E-state index in [1.165, 1.54) is 17.9 Å². The number of nitrogen functional groups attached to an aromatic ring is 1. The Bertz CT molecular complexity index is 741. The Morgan fingerprint density at radius 2 is 2.00 bits per heavy atom. The summed E-state index contributed by atoms with van der Waals surface area (Å²) in [4.78, 5) is 37.2. The Balaban J connectivity index is 2.23. The highest BCUT2D eigenvalue weighted by molar-refractivity contribution is 6.02. The third kappa shape index (κ3) is 4.56. The van der Waals surface area contributed by atoms with Crippen LogP contribution in [0.2, 0.25) is 0 Å². The Labute approximate surface area is 151 Å². The molecule has 9 nitrogen and oxygen atoms in total. The number of carbonyl (C=O) groups excluding carboxylic acids is 3. The van der Waals surface area contributed by atoms with Crippen LogP contribution in [0.3, 0.4) is 0 Å². The summed E-state index contributed by atoms with van der Waals surface area (Å²) in [5, 5.41) is 5.12. The minimum atomic E-state index is -0.923. The van der Waals surface area contributed by atoms with Gasteiger partial charge in [0.15, 0.2) is 0 Å². The van der Waals surface area contributed by atoms with E-state index in [0.717, 1.165) is 0 Å². The average Bonchev–Trinajstić information content (AvgIpc) is 2.59. The molecule has 142 valence electrons. The molecule has 1 aliphatic heterocycles. The molecule has 0 spiro atoms. The normalized spacial score (nSPS) is 16.9. The SMILES string of the molecule is CC(=O)Nc1cc2c(cc1N)N(C)C(=O)[C@@H](NC(=O)OC(C)(C)C)CO2. The molecule has 0 aliphatic carbocycles. The average molecular weight is 364 g/mol. The van der Waals surface area contributed by atoms with Gasteiger partial charge in [-0.3, -0.25) is 9.59 Å². The van der Waals surface area contributed by atoms with Gasteiger partial charge >= 0.3 is 6.09 Å². The zero-order valence-corrected chi connectivity index (χ0v) is 15.5. The maximum Gasteiger partial charge on any atom is 0.408 e. The molecular formula is C17H24N4O5. The molecule has 0 fully saturated rings. The largest absolute Gasteiger partial charge is 0.489 e. The van der Waals surface area contributed by atoms with Gasteiger partial charge in [-0.2, -0.15) is 0 Å². The van der Waals surface area contributed by atoms with E-state index in [1.807, 2.05) is 0 Å². The number of ether oxygens (including phenoxy) is 2. The summed E-state index contributed by atoms with van der Waals surface area (Å²) in [6, 6.07) is 2.16. The van der Waals surface area contributed by atoms with E-state index in [0.29, 0.717) is 22.8 Å². The van der Waals surface area contributed by atoms with Crippen LogP contribution in [-0.4, -0.2) is 43.2 Å². The molecule has 0 bridgehead atoms. The highest BCUT2D eigenvalue weighted by atomic mass is 16.6. The van der Waals surface area contributed by atoms with Crippen molar-refractivity contribution in [3.05, 3.63) is 12.1 Å². The molecule has 1 heterocycles. The molecule has 9 heteroatoms. The van der Waals surface area contributed by atoms with Crippen LogP contribution in [0.15, 0.2) is 12.1 Å². The Kier molecular flexibility index (Phi) is 5.29. The summed E-state index contributed by atoms with van der Waals surface area (Å²) in [7, 11) is 1.55. The predicted molar refractivity (Wildman–Crippen MR) is 97.2 cm³/mol. The van der Waals surface area contributed by atoms with E-state index < -0.39 is 17.7 Å². The third-order valence-corrected chi connectivity index (χ3v) is 3.53. The van der Waals surface area contributed by atoms with Crippen LogP contribution < -0.4 is 26.0 Å². The molecule has 26 heavy (non-hydrogen) atoms. The predicted octanol–water partition coefficient (Wildman–Crippen LogP) is 1.48. The van der Waals surface area contributed by atoms with Crippen molar-refractivity contribution >= 4 is 35.0 Å². The molecule has 0 saturated carbocycles. The first-order chi connectivity index (χ1) is 12.0. The van der Waals surface area contributed by atoms with Crippen molar-refractivity contribution in [1.29, 1.82) is 0 Å².